The maximum Gasteiger partial charge on any atom is 0.258 e. The van der Waals surface area contributed by atoms with Crippen molar-refractivity contribution in [2.45, 2.75) is 0 Å². The Hall–Kier alpha value is -4.13. The second kappa shape index (κ2) is 10.3. The molecule has 0 aliphatic carbocycles. The van der Waals surface area contributed by atoms with Gasteiger partial charge in [0.2, 0.25) is 5.91 Å². The van der Waals surface area contributed by atoms with Crippen molar-refractivity contribution in [1.29, 1.82) is 0 Å². The lowest BCUT2D eigenvalue weighted by Crippen LogP contribution is -2.26. The first-order valence-electron chi connectivity index (χ1n) is 10.1. The van der Waals surface area contributed by atoms with Gasteiger partial charge in [0.05, 0.1) is 6.54 Å². The third-order valence-electron chi connectivity index (χ3n) is 4.83. The minimum absolute atomic E-state index is 0.0447. The van der Waals surface area contributed by atoms with Crippen molar-refractivity contribution in [2.75, 3.05) is 43.2 Å². The van der Waals surface area contributed by atoms with Crippen LogP contribution in [-0.2, 0) is 4.79 Å². The molecule has 164 valence electrons. The van der Waals surface area contributed by atoms with E-state index in [9.17, 15) is 14.4 Å². The van der Waals surface area contributed by atoms with E-state index in [1.807, 2.05) is 30.3 Å². The van der Waals surface area contributed by atoms with Crippen molar-refractivity contribution in [3.05, 3.63) is 90.0 Å². The number of carbonyl (C=O) groups excluding carboxylic acids is 3. The SMILES string of the molecule is CN(C)C(=O)c1cccc(NC(=O)CNc2ccc(C(=O)N(C)c3ccccc3)cc2)c1. The molecule has 0 heterocycles. The number of nitrogens with one attached hydrogen (secondary N) is 2. The van der Waals surface area contributed by atoms with E-state index < -0.39 is 0 Å². The predicted molar refractivity (Wildman–Crippen MR) is 127 cm³/mol. The molecular weight excluding hydrogens is 404 g/mol. The quantitative estimate of drug-likeness (QED) is 0.599. The summed E-state index contributed by atoms with van der Waals surface area (Å²) in [6.07, 6.45) is 0. The number of anilines is 3. The van der Waals surface area contributed by atoms with Crippen LogP contribution in [0.15, 0.2) is 78.9 Å². The maximum atomic E-state index is 12.7. The highest BCUT2D eigenvalue weighted by Crippen LogP contribution is 2.17. The number of para-hydroxylation sites is 1. The highest BCUT2D eigenvalue weighted by molar-refractivity contribution is 6.06. The first kappa shape index (κ1) is 22.6. The maximum absolute atomic E-state index is 12.7. The summed E-state index contributed by atoms with van der Waals surface area (Å²) in [5.41, 5.74) is 3.13. The number of rotatable bonds is 7. The summed E-state index contributed by atoms with van der Waals surface area (Å²) in [4.78, 5) is 40.1. The van der Waals surface area contributed by atoms with Crippen LogP contribution < -0.4 is 15.5 Å². The molecule has 0 saturated heterocycles. The van der Waals surface area contributed by atoms with Crippen LogP contribution >= 0.6 is 0 Å². The molecule has 0 spiro atoms. The molecular formula is C25H26N4O3. The van der Waals surface area contributed by atoms with Gasteiger partial charge in [-0.1, -0.05) is 24.3 Å². The van der Waals surface area contributed by atoms with E-state index in [1.165, 1.54) is 4.90 Å². The molecule has 3 aromatic rings. The molecule has 0 bridgehead atoms. The van der Waals surface area contributed by atoms with Crippen molar-refractivity contribution >= 4 is 34.8 Å². The van der Waals surface area contributed by atoms with Gasteiger partial charge < -0.3 is 20.4 Å². The van der Waals surface area contributed by atoms with Gasteiger partial charge in [0.25, 0.3) is 11.8 Å². The normalized spacial score (nSPS) is 10.2. The third-order valence-corrected chi connectivity index (χ3v) is 4.83. The minimum Gasteiger partial charge on any atom is -0.376 e. The lowest BCUT2D eigenvalue weighted by atomic mass is 10.1. The number of carbonyl (C=O) groups is 3. The fourth-order valence-corrected chi connectivity index (χ4v) is 3.07. The fraction of sp³-hybridized carbons (Fsp3) is 0.160. The Bertz CT molecular complexity index is 1100. The molecule has 32 heavy (non-hydrogen) atoms. The molecule has 3 aromatic carbocycles. The number of hydrogen-bond acceptors (Lipinski definition) is 4. The Kier molecular flexibility index (Phi) is 7.23. The van der Waals surface area contributed by atoms with E-state index >= 15 is 0 Å². The van der Waals surface area contributed by atoms with Gasteiger partial charge in [0, 0.05) is 49.3 Å². The molecule has 0 radical (unpaired) electrons. The van der Waals surface area contributed by atoms with E-state index in [0.29, 0.717) is 16.8 Å². The summed E-state index contributed by atoms with van der Waals surface area (Å²) < 4.78 is 0. The largest absolute Gasteiger partial charge is 0.376 e. The summed E-state index contributed by atoms with van der Waals surface area (Å²) in [5, 5.41) is 5.81. The van der Waals surface area contributed by atoms with Gasteiger partial charge in [0.15, 0.2) is 0 Å². The van der Waals surface area contributed by atoms with E-state index in [0.717, 1.165) is 11.4 Å². The van der Waals surface area contributed by atoms with Crippen LogP contribution in [0.25, 0.3) is 0 Å². The Balaban J connectivity index is 1.55. The van der Waals surface area contributed by atoms with Crippen LogP contribution in [0.3, 0.4) is 0 Å². The van der Waals surface area contributed by atoms with Gasteiger partial charge >= 0.3 is 0 Å². The van der Waals surface area contributed by atoms with Crippen LogP contribution in [0.5, 0.6) is 0 Å². The smallest absolute Gasteiger partial charge is 0.258 e. The van der Waals surface area contributed by atoms with Crippen LogP contribution in [0.1, 0.15) is 20.7 Å². The molecule has 7 heteroatoms. The first-order chi connectivity index (χ1) is 15.3. The van der Waals surface area contributed by atoms with E-state index in [-0.39, 0.29) is 24.3 Å². The zero-order chi connectivity index (χ0) is 23.1. The molecule has 0 aromatic heterocycles. The molecule has 2 N–H and O–H groups in total. The number of benzene rings is 3. The molecule has 0 atom stereocenters. The zero-order valence-corrected chi connectivity index (χ0v) is 18.3. The van der Waals surface area contributed by atoms with Gasteiger partial charge in [-0.3, -0.25) is 14.4 Å². The number of amides is 3. The number of nitrogens with zero attached hydrogens (tertiary/aromatic N) is 2. The van der Waals surface area contributed by atoms with Crippen molar-refractivity contribution < 1.29 is 14.4 Å². The van der Waals surface area contributed by atoms with Crippen molar-refractivity contribution in [1.82, 2.24) is 4.90 Å². The molecule has 0 aliphatic rings. The molecule has 3 amide bonds. The summed E-state index contributed by atoms with van der Waals surface area (Å²) in [7, 11) is 5.08. The average Bonchev–Trinajstić information content (AvgIpc) is 2.82. The summed E-state index contributed by atoms with van der Waals surface area (Å²) >= 11 is 0. The minimum atomic E-state index is -0.247. The lowest BCUT2D eigenvalue weighted by molar-refractivity contribution is -0.114. The second-order valence-electron chi connectivity index (χ2n) is 7.46. The summed E-state index contributed by atoms with van der Waals surface area (Å²) in [6.45, 7) is 0.0447. The zero-order valence-electron chi connectivity index (χ0n) is 18.3. The number of hydrogen-bond donors (Lipinski definition) is 2. The molecule has 0 aliphatic heterocycles. The van der Waals surface area contributed by atoms with Gasteiger partial charge in [-0.15, -0.1) is 0 Å². The average molecular weight is 431 g/mol. The second-order valence-corrected chi connectivity index (χ2v) is 7.46. The van der Waals surface area contributed by atoms with Gasteiger partial charge in [-0.05, 0) is 54.6 Å². The fourth-order valence-electron chi connectivity index (χ4n) is 3.07. The van der Waals surface area contributed by atoms with Gasteiger partial charge in [-0.25, -0.2) is 0 Å². The van der Waals surface area contributed by atoms with Crippen LogP contribution in [0.4, 0.5) is 17.1 Å². The Labute approximate surface area is 187 Å². The lowest BCUT2D eigenvalue weighted by Gasteiger charge is -2.17. The molecule has 0 saturated carbocycles. The Morgan fingerprint density at radius 1 is 0.719 bits per heavy atom. The third kappa shape index (κ3) is 5.72. The van der Waals surface area contributed by atoms with Gasteiger partial charge in [-0.2, -0.15) is 0 Å². The van der Waals surface area contributed by atoms with Crippen molar-refractivity contribution in [3.63, 3.8) is 0 Å². The molecule has 0 fully saturated rings. The van der Waals surface area contributed by atoms with Crippen LogP contribution in [-0.4, -0.2) is 50.3 Å². The topological polar surface area (TPSA) is 81.8 Å². The molecule has 7 nitrogen and oxygen atoms in total. The van der Waals surface area contributed by atoms with E-state index in [4.69, 9.17) is 0 Å². The Morgan fingerprint density at radius 3 is 2.06 bits per heavy atom. The summed E-state index contributed by atoms with van der Waals surface area (Å²) in [5.74, 6) is -0.497. The molecule has 3 rings (SSSR count). The van der Waals surface area contributed by atoms with Crippen molar-refractivity contribution in [2.24, 2.45) is 0 Å². The highest BCUT2D eigenvalue weighted by atomic mass is 16.2. The molecule has 0 unspecified atom stereocenters. The first-order valence-corrected chi connectivity index (χ1v) is 10.1. The van der Waals surface area contributed by atoms with E-state index in [1.54, 1.807) is 74.6 Å². The Morgan fingerprint density at radius 2 is 1.41 bits per heavy atom. The van der Waals surface area contributed by atoms with Crippen LogP contribution in [0.2, 0.25) is 0 Å². The predicted octanol–water partition coefficient (Wildman–Crippen LogP) is 3.72. The van der Waals surface area contributed by atoms with Crippen LogP contribution in [0, 0.1) is 0 Å². The monoisotopic (exact) mass is 430 g/mol. The van der Waals surface area contributed by atoms with Crippen molar-refractivity contribution in [3.8, 4) is 0 Å². The van der Waals surface area contributed by atoms with E-state index in [2.05, 4.69) is 10.6 Å². The standard InChI is InChI=1S/C25H26N4O3/c1-28(2)24(31)19-8-7-9-21(16-19)27-23(30)17-26-20-14-12-18(13-15-20)25(32)29(3)22-10-5-4-6-11-22/h4-16,26H,17H2,1-3H3,(H,27,30). The summed E-state index contributed by atoms with van der Waals surface area (Å²) in [6, 6.07) is 23.2. The van der Waals surface area contributed by atoms with Gasteiger partial charge in [0.1, 0.15) is 0 Å². The highest BCUT2D eigenvalue weighted by Gasteiger charge is 2.13.